The summed E-state index contributed by atoms with van der Waals surface area (Å²) in [5, 5.41) is 5.78. The molecule has 0 aliphatic heterocycles. The molecule has 20 heavy (non-hydrogen) atoms. The highest BCUT2D eigenvalue weighted by Crippen LogP contribution is 2.24. The highest BCUT2D eigenvalue weighted by molar-refractivity contribution is 14.1. The zero-order valence-electron chi connectivity index (χ0n) is 11.5. The lowest BCUT2D eigenvalue weighted by molar-refractivity contribution is 0.262. The SMILES string of the molecule is CC(C)c1ccccc1NC(=O)Nc1ccccc1I. The Morgan fingerprint density at radius 1 is 0.950 bits per heavy atom. The fourth-order valence-electron chi connectivity index (χ4n) is 1.95. The molecule has 0 heterocycles. The van der Waals surface area contributed by atoms with Gasteiger partial charge in [-0.15, -0.1) is 0 Å². The Bertz CT molecular complexity index is 611. The number of para-hydroxylation sites is 2. The van der Waals surface area contributed by atoms with Gasteiger partial charge in [-0.1, -0.05) is 44.2 Å². The van der Waals surface area contributed by atoms with Gasteiger partial charge in [0, 0.05) is 9.26 Å². The fraction of sp³-hybridized carbons (Fsp3) is 0.188. The van der Waals surface area contributed by atoms with Gasteiger partial charge in [0.15, 0.2) is 0 Å². The number of rotatable bonds is 3. The summed E-state index contributed by atoms with van der Waals surface area (Å²) >= 11 is 2.20. The molecule has 0 fully saturated rings. The van der Waals surface area contributed by atoms with Gasteiger partial charge in [-0.25, -0.2) is 4.79 Å². The summed E-state index contributed by atoms with van der Waals surface area (Å²) in [4.78, 5) is 12.1. The summed E-state index contributed by atoms with van der Waals surface area (Å²) < 4.78 is 1.01. The van der Waals surface area contributed by atoms with Crippen LogP contribution in [0.4, 0.5) is 16.2 Å². The van der Waals surface area contributed by atoms with Gasteiger partial charge in [0.05, 0.1) is 5.69 Å². The van der Waals surface area contributed by atoms with E-state index >= 15 is 0 Å². The molecule has 3 nitrogen and oxygen atoms in total. The molecule has 0 spiro atoms. The monoisotopic (exact) mass is 380 g/mol. The third kappa shape index (κ3) is 3.72. The van der Waals surface area contributed by atoms with E-state index in [2.05, 4.69) is 47.1 Å². The maximum atomic E-state index is 12.1. The normalized spacial score (nSPS) is 10.4. The molecule has 4 heteroatoms. The Hall–Kier alpha value is -1.56. The molecule has 0 unspecified atom stereocenters. The molecule has 2 aromatic carbocycles. The Balaban J connectivity index is 2.11. The van der Waals surface area contributed by atoms with Crippen LogP contribution in [0.15, 0.2) is 48.5 Å². The summed E-state index contributed by atoms with van der Waals surface area (Å²) in [5.41, 5.74) is 2.80. The molecule has 0 atom stereocenters. The molecule has 0 aliphatic rings. The lowest BCUT2D eigenvalue weighted by Crippen LogP contribution is -2.20. The molecule has 104 valence electrons. The smallest absolute Gasteiger partial charge is 0.307 e. The molecule has 0 radical (unpaired) electrons. The first kappa shape index (κ1) is 14.8. The van der Waals surface area contributed by atoms with Crippen LogP contribution in [-0.4, -0.2) is 6.03 Å². The highest BCUT2D eigenvalue weighted by Gasteiger charge is 2.09. The van der Waals surface area contributed by atoms with E-state index in [1.165, 1.54) is 0 Å². The molecular formula is C16H17IN2O. The van der Waals surface area contributed by atoms with Crippen LogP contribution in [0.1, 0.15) is 25.3 Å². The van der Waals surface area contributed by atoms with E-state index in [4.69, 9.17) is 0 Å². The summed E-state index contributed by atoms with van der Waals surface area (Å²) in [6, 6.07) is 15.3. The number of benzene rings is 2. The van der Waals surface area contributed by atoms with Gasteiger partial charge in [0.2, 0.25) is 0 Å². The maximum Gasteiger partial charge on any atom is 0.323 e. The maximum absolute atomic E-state index is 12.1. The molecular weight excluding hydrogens is 363 g/mol. The van der Waals surface area contributed by atoms with Crippen LogP contribution in [0.25, 0.3) is 0 Å². The average molecular weight is 380 g/mol. The molecule has 2 rings (SSSR count). The minimum Gasteiger partial charge on any atom is -0.307 e. The molecule has 0 bridgehead atoms. The molecule has 0 saturated heterocycles. The molecule has 2 N–H and O–H groups in total. The van der Waals surface area contributed by atoms with Gasteiger partial charge in [0.25, 0.3) is 0 Å². The van der Waals surface area contributed by atoms with E-state index in [-0.39, 0.29) is 6.03 Å². The van der Waals surface area contributed by atoms with Crippen molar-refractivity contribution in [3.8, 4) is 0 Å². The Morgan fingerprint density at radius 3 is 2.15 bits per heavy atom. The van der Waals surface area contributed by atoms with Crippen molar-refractivity contribution >= 4 is 40.0 Å². The lowest BCUT2D eigenvalue weighted by atomic mass is 10.0. The number of carbonyl (C=O) groups is 1. The molecule has 0 aliphatic carbocycles. The first-order chi connectivity index (χ1) is 9.58. The predicted molar refractivity (Wildman–Crippen MR) is 92.3 cm³/mol. The number of amides is 2. The first-order valence-electron chi connectivity index (χ1n) is 6.49. The van der Waals surface area contributed by atoms with Crippen LogP contribution in [0.3, 0.4) is 0 Å². The number of nitrogens with one attached hydrogen (secondary N) is 2. The van der Waals surface area contributed by atoms with Gasteiger partial charge in [-0.2, -0.15) is 0 Å². The fourth-order valence-corrected chi connectivity index (χ4v) is 2.47. The van der Waals surface area contributed by atoms with Crippen molar-refractivity contribution in [1.29, 1.82) is 0 Å². The third-order valence-electron chi connectivity index (χ3n) is 2.95. The van der Waals surface area contributed by atoms with Crippen LogP contribution in [0, 0.1) is 3.57 Å². The van der Waals surface area contributed by atoms with Crippen LogP contribution in [0.5, 0.6) is 0 Å². The van der Waals surface area contributed by atoms with Gasteiger partial charge in [-0.05, 0) is 52.3 Å². The number of hydrogen-bond acceptors (Lipinski definition) is 1. The highest BCUT2D eigenvalue weighted by atomic mass is 127. The number of anilines is 2. The van der Waals surface area contributed by atoms with E-state index in [0.29, 0.717) is 5.92 Å². The van der Waals surface area contributed by atoms with Gasteiger partial charge in [-0.3, -0.25) is 0 Å². The lowest BCUT2D eigenvalue weighted by Gasteiger charge is -2.14. The van der Waals surface area contributed by atoms with Crippen LogP contribution >= 0.6 is 22.6 Å². The van der Waals surface area contributed by atoms with Crippen molar-refractivity contribution in [1.82, 2.24) is 0 Å². The summed E-state index contributed by atoms with van der Waals surface area (Å²) in [6.45, 7) is 4.22. The van der Waals surface area contributed by atoms with Crippen molar-refractivity contribution in [2.45, 2.75) is 19.8 Å². The topological polar surface area (TPSA) is 41.1 Å². The van der Waals surface area contributed by atoms with Crippen molar-refractivity contribution in [2.75, 3.05) is 10.6 Å². The Morgan fingerprint density at radius 2 is 1.50 bits per heavy atom. The largest absolute Gasteiger partial charge is 0.323 e. The molecule has 0 saturated carbocycles. The number of urea groups is 1. The summed E-state index contributed by atoms with van der Waals surface area (Å²) in [7, 11) is 0. The van der Waals surface area contributed by atoms with E-state index < -0.39 is 0 Å². The minimum atomic E-state index is -0.220. The quantitative estimate of drug-likeness (QED) is 0.719. The van der Waals surface area contributed by atoms with Crippen LogP contribution in [0.2, 0.25) is 0 Å². The minimum absolute atomic E-state index is 0.220. The predicted octanol–water partition coefficient (Wildman–Crippen LogP) is 5.06. The van der Waals surface area contributed by atoms with Gasteiger partial charge >= 0.3 is 6.03 Å². The van der Waals surface area contributed by atoms with Crippen LogP contribution in [-0.2, 0) is 0 Å². The Labute approximate surface area is 132 Å². The average Bonchev–Trinajstić information content (AvgIpc) is 2.41. The molecule has 2 amide bonds. The van der Waals surface area contributed by atoms with E-state index in [1.54, 1.807) is 0 Å². The number of hydrogen-bond donors (Lipinski definition) is 2. The second-order valence-electron chi connectivity index (χ2n) is 4.80. The summed E-state index contributed by atoms with van der Waals surface area (Å²) in [5.74, 6) is 0.364. The van der Waals surface area contributed by atoms with Gasteiger partial charge in [0.1, 0.15) is 0 Å². The first-order valence-corrected chi connectivity index (χ1v) is 7.57. The van der Waals surface area contributed by atoms with Crippen molar-refractivity contribution in [3.05, 3.63) is 57.7 Å². The number of halogens is 1. The second kappa shape index (κ2) is 6.74. The van der Waals surface area contributed by atoms with Crippen molar-refractivity contribution < 1.29 is 4.79 Å². The van der Waals surface area contributed by atoms with Gasteiger partial charge < -0.3 is 10.6 Å². The van der Waals surface area contributed by atoms with E-state index in [9.17, 15) is 4.79 Å². The molecule has 0 aromatic heterocycles. The standard InChI is InChI=1S/C16H17IN2O/c1-11(2)12-7-3-5-9-14(12)18-16(20)19-15-10-6-4-8-13(15)17/h3-11H,1-2H3,(H2,18,19,20). The Kier molecular flexibility index (Phi) is 5.00. The second-order valence-corrected chi connectivity index (χ2v) is 5.96. The van der Waals surface area contributed by atoms with E-state index in [1.807, 2.05) is 48.5 Å². The third-order valence-corrected chi connectivity index (χ3v) is 3.89. The summed E-state index contributed by atoms with van der Waals surface area (Å²) in [6.07, 6.45) is 0. The zero-order chi connectivity index (χ0) is 14.5. The number of carbonyl (C=O) groups excluding carboxylic acids is 1. The van der Waals surface area contributed by atoms with Crippen molar-refractivity contribution in [3.63, 3.8) is 0 Å². The van der Waals surface area contributed by atoms with Crippen LogP contribution < -0.4 is 10.6 Å². The molecule has 2 aromatic rings. The zero-order valence-corrected chi connectivity index (χ0v) is 13.6. The van der Waals surface area contributed by atoms with E-state index in [0.717, 1.165) is 20.5 Å². The van der Waals surface area contributed by atoms with Crippen molar-refractivity contribution in [2.24, 2.45) is 0 Å².